The fourth-order valence-corrected chi connectivity index (χ4v) is 8.06. The van der Waals surface area contributed by atoms with Crippen LogP contribution < -0.4 is 14.5 Å². The number of para-hydroxylation sites is 3. The molecule has 0 saturated carbocycles. The van der Waals surface area contributed by atoms with E-state index in [2.05, 4.69) is 112 Å². The number of pyridine rings is 1. The molecule has 0 radical (unpaired) electrons. The van der Waals surface area contributed by atoms with Crippen molar-refractivity contribution in [2.45, 2.75) is 52.4 Å². The summed E-state index contributed by atoms with van der Waals surface area (Å²) in [4.78, 5) is 8.76. The van der Waals surface area contributed by atoms with Crippen LogP contribution in [-0.2, 0) is 10.8 Å². The van der Waals surface area contributed by atoms with Crippen molar-refractivity contribution < 1.29 is 13.5 Å². The van der Waals surface area contributed by atoms with Crippen LogP contribution >= 0.6 is 0 Å². The van der Waals surface area contributed by atoms with Crippen molar-refractivity contribution in [1.29, 1.82) is 0 Å². The van der Waals surface area contributed by atoms with Gasteiger partial charge >= 0.3 is 0 Å². The number of ether oxygens (including phenoxy) is 1. The van der Waals surface area contributed by atoms with E-state index in [-0.39, 0.29) is 10.8 Å². The molecule has 9 rings (SSSR count). The highest BCUT2D eigenvalue weighted by Crippen LogP contribution is 2.48. The lowest BCUT2D eigenvalue weighted by Gasteiger charge is -2.28. The van der Waals surface area contributed by atoms with Crippen LogP contribution in [0.4, 0.5) is 31.5 Å². The Morgan fingerprint density at radius 3 is 2.05 bits per heavy atom. The Kier molecular flexibility index (Phi) is 8.65. The number of benzene rings is 6. The van der Waals surface area contributed by atoms with E-state index in [4.69, 9.17) is 9.72 Å². The molecule has 7 heteroatoms. The molecule has 1 aliphatic rings. The molecule has 57 heavy (non-hydrogen) atoms. The molecule has 0 aliphatic carbocycles. The highest BCUT2D eigenvalue weighted by Gasteiger charge is 2.31. The first kappa shape index (κ1) is 36.2. The zero-order chi connectivity index (χ0) is 39.6. The van der Waals surface area contributed by atoms with E-state index >= 15 is 4.39 Å². The van der Waals surface area contributed by atoms with E-state index in [1.165, 1.54) is 23.3 Å². The van der Waals surface area contributed by atoms with Gasteiger partial charge in [-0.15, -0.1) is 0 Å². The Balaban J connectivity index is 1.21. The zero-order valence-electron chi connectivity index (χ0n) is 33.0. The van der Waals surface area contributed by atoms with Gasteiger partial charge in [0.15, 0.2) is 0 Å². The lowest BCUT2D eigenvalue weighted by molar-refractivity contribution is 0.483. The molecular weight excluding hydrogens is 711 g/mol. The molecule has 3 heterocycles. The predicted octanol–water partition coefficient (Wildman–Crippen LogP) is 13.8. The highest BCUT2D eigenvalue weighted by atomic mass is 19.1. The summed E-state index contributed by atoms with van der Waals surface area (Å²) >= 11 is 0. The second-order valence-corrected chi connectivity index (χ2v) is 16.9. The van der Waals surface area contributed by atoms with Gasteiger partial charge in [0.2, 0.25) is 0 Å². The van der Waals surface area contributed by atoms with E-state index in [0.717, 1.165) is 61.9 Å². The van der Waals surface area contributed by atoms with Gasteiger partial charge in [0.1, 0.15) is 35.6 Å². The Morgan fingerprint density at radius 1 is 0.579 bits per heavy atom. The van der Waals surface area contributed by atoms with Crippen molar-refractivity contribution >= 4 is 44.6 Å². The SMILES string of the molecule is CC(C)(C)c1ccc(-c2cc(Oc3ccc4c5ccccc5n(-c5ccccn5)c4c3)cc(N3CN(c4ccc(F)cc4F)c4ccccc43)c2)c(C(C)(C)C)c1. The summed E-state index contributed by atoms with van der Waals surface area (Å²) in [7, 11) is 0. The summed E-state index contributed by atoms with van der Waals surface area (Å²) in [6.07, 6.45) is 1.81. The maximum atomic E-state index is 15.4. The molecule has 1 aliphatic heterocycles. The lowest BCUT2D eigenvalue weighted by atomic mass is 9.77. The molecule has 0 spiro atoms. The fourth-order valence-electron chi connectivity index (χ4n) is 8.06. The summed E-state index contributed by atoms with van der Waals surface area (Å²) in [5.41, 5.74) is 9.41. The van der Waals surface area contributed by atoms with Gasteiger partial charge in [0, 0.05) is 40.9 Å². The Labute approximate surface area is 332 Å². The van der Waals surface area contributed by atoms with Gasteiger partial charge in [-0.2, -0.15) is 0 Å². The molecule has 0 fully saturated rings. The van der Waals surface area contributed by atoms with E-state index in [0.29, 0.717) is 23.9 Å². The minimum atomic E-state index is -0.614. The van der Waals surface area contributed by atoms with Crippen molar-refractivity contribution in [2.24, 2.45) is 0 Å². The highest BCUT2D eigenvalue weighted by molar-refractivity contribution is 6.09. The van der Waals surface area contributed by atoms with Crippen LogP contribution in [0.25, 0.3) is 38.8 Å². The molecule has 8 aromatic rings. The second-order valence-electron chi connectivity index (χ2n) is 16.9. The summed E-state index contributed by atoms with van der Waals surface area (Å²) in [6.45, 7) is 13.8. The summed E-state index contributed by atoms with van der Waals surface area (Å²) in [5, 5.41) is 2.24. The van der Waals surface area contributed by atoms with Gasteiger partial charge in [-0.1, -0.05) is 96.1 Å². The average molecular weight is 755 g/mol. The number of fused-ring (bicyclic) bond motifs is 4. The van der Waals surface area contributed by atoms with Crippen LogP contribution in [0.15, 0.2) is 146 Å². The van der Waals surface area contributed by atoms with Crippen LogP contribution in [0.3, 0.4) is 0 Å². The number of aromatic nitrogens is 2. The quantitative estimate of drug-likeness (QED) is 0.169. The molecule has 0 bridgehead atoms. The van der Waals surface area contributed by atoms with Crippen molar-refractivity contribution in [3.05, 3.63) is 168 Å². The topological polar surface area (TPSA) is 33.5 Å². The summed E-state index contributed by atoms with van der Waals surface area (Å²) in [5.74, 6) is 0.943. The smallest absolute Gasteiger partial charge is 0.149 e. The van der Waals surface area contributed by atoms with Crippen LogP contribution in [0.2, 0.25) is 0 Å². The largest absolute Gasteiger partial charge is 0.457 e. The third-order valence-electron chi connectivity index (χ3n) is 10.9. The molecule has 0 unspecified atom stereocenters. The van der Waals surface area contributed by atoms with Crippen molar-refractivity contribution in [1.82, 2.24) is 9.55 Å². The molecule has 0 atom stereocenters. The van der Waals surface area contributed by atoms with E-state index in [1.807, 2.05) is 71.8 Å². The second kappa shape index (κ2) is 13.6. The molecular formula is C50H44F2N4O. The molecule has 5 nitrogen and oxygen atoms in total. The Hall–Kier alpha value is -6.47. The minimum Gasteiger partial charge on any atom is -0.457 e. The van der Waals surface area contributed by atoms with Gasteiger partial charge in [-0.3, -0.25) is 4.57 Å². The van der Waals surface area contributed by atoms with Crippen LogP contribution in [0, 0.1) is 11.6 Å². The van der Waals surface area contributed by atoms with Gasteiger partial charge in [0.05, 0.1) is 28.1 Å². The molecule has 6 aromatic carbocycles. The number of hydrogen-bond donors (Lipinski definition) is 0. The monoisotopic (exact) mass is 754 g/mol. The standard InChI is InChI=1S/C50H44F2N4O/c1-49(2,3)33-18-21-38(41(27-33)50(4,5)6)32-25-35(54-31-55(46-16-10-9-15-45(46)54)44-23-19-34(51)28-42(44)52)29-37(26-32)57-36-20-22-40-39-13-7-8-14-43(39)56(47(40)30-36)48-17-11-12-24-53-48/h7-30H,31H2,1-6H3. The van der Waals surface area contributed by atoms with Crippen LogP contribution in [0.1, 0.15) is 52.7 Å². The van der Waals surface area contributed by atoms with Gasteiger partial charge in [-0.25, -0.2) is 13.8 Å². The first-order valence-electron chi connectivity index (χ1n) is 19.4. The Morgan fingerprint density at radius 2 is 1.32 bits per heavy atom. The maximum Gasteiger partial charge on any atom is 0.149 e. The molecule has 0 amide bonds. The van der Waals surface area contributed by atoms with E-state index in [1.54, 1.807) is 0 Å². The first-order chi connectivity index (χ1) is 27.3. The number of anilines is 4. The number of rotatable bonds is 6. The van der Waals surface area contributed by atoms with Crippen LogP contribution in [-0.4, -0.2) is 16.2 Å². The van der Waals surface area contributed by atoms with E-state index in [9.17, 15) is 4.39 Å². The summed E-state index contributed by atoms with van der Waals surface area (Å²) in [6, 6.07) is 45.3. The number of nitrogens with zero attached hydrogens (tertiary/aromatic N) is 4. The maximum absolute atomic E-state index is 15.4. The molecule has 0 N–H and O–H groups in total. The normalized spacial score (nSPS) is 13.1. The van der Waals surface area contributed by atoms with Gasteiger partial charge in [0.25, 0.3) is 0 Å². The predicted molar refractivity (Wildman–Crippen MR) is 230 cm³/mol. The third kappa shape index (κ3) is 6.57. The van der Waals surface area contributed by atoms with E-state index < -0.39 is 11.6 Å². The average Bonchev–Trinajstić information content (AvgIpc) is 3.73. The van der Waals surface area contributed by atoms with Crippen molar-refractivity contribution in [3.8, 4) is 28.4 Å². The van der Waals surface area contributed by atoms with Gasteiger partial charge < -0.3 is 14.5 Å². The Bertz CT molecular complexity index is 2810. The molecule has 284 valence electrons. The lowest BCUT2D eigenvalue weighted by Crippen LogP contribution is -2.24. The summed E-state index contributed by atoms with van der Waals surface area (Å²) < 4.78 is 38.5. The van der Waals surface area contributed by atoms with Crippen molar-refractivity contribution in [2.75, 3.05) is 16.5 Å². The van der Waals surface area contributed by atoms with Gasteiger partial charge in [-0.05, 0) is 99.8 Å². The fraction of sp³-hybridized carbons (Fsp3) is 0.180. The van der Waals surface area contributed by atoms with Crippen LogP contribution in [0.5, 0.6) is 11.5 Å². The zero-order valence-corrected chi connectivity index (χ0v) is 33.0. The number of halogens is 2. The molecule has 2 aromatic heterocycles. The molecule has 0 saturated heterocycles. The number of hydrogen-bond acceptors (Lipinski definition) is 4. The third-order valence-corrected chi connectivity index (χ3v) is 10.9. The van der Waals surface area contributed by atoms with Crippen molar-refractivity contribution in [3.63, 3.8) is 0 Å². The minimum absolute atomic E-state index is 0.0244. The first-order valence-corrected chi connectivity index (χ1v) is 19.4.